The molecule has 0 heterocycles. The summed E-state index contributed by atoms with van der Waals surface area (Å²) in [4.78, 5) is 19.7. The molecule has 1 aromatic carbocycles. The number of aliphatic carboxylic acids is 1. The molecule has 0 aliphatic carbocycles. The monoisotopic (exact) mass is 229 g/mol. The van der Waals surface area contributed by atoms with Crippen LogP contribution >= 0.6 is 0 Å². The summed E-state index contributed by atoms with van der Waals surface area (Å²) in [5.74, 6) is -2.35. The second-order valence-corrected chi connectivity index (χ2v) is 3.08. The number of nitrogens with zero attached hydrogens (tertiary/aromatic N) is 1. The molecule has 0 fully saturated rings. The van der Waals surface area contributed by atoms with E-state index < -0.39 is 34.9 Å². The SMILES string of the molecule is O=C(O)C[C@H](O)c1ccc([N+](=O)[O-])c(F)c1. The first-order valence-electron chi connectivity index (χ1n) is 4.25. The van der Waals surface area contributed by atoms with Crippen molar-refractivity contribution in [3.8, 4) is 0 Å². The third-order valence-corrected chi connectivity index (χ3v) is 1.92. The van der Waals surface area contributed by atoms with Crippen molar-refractivity contribution < 1.29 is 24.3 Å². The molecule has 0 aliphatic heterocycles. The number of carboxylic acid groups (broad SMARTS) is 1. The second-order valence-electron chi connectivity index (χ2n) is 3.08. The van der Waals surface area contributed by atoms with Gasteiger partial charge in [-0.3, -0.25) is 14.9 Å². The molecule has 1 rings (SSSR count). The largest absolute Gasteiger partial charge is 0.481 e. The number of carbonyl (C=O) groups is 1. The molecule has 0 amide bonds. The molecular formula is C9H8FNO5. The number of carboxylic acids is 1. The first kappa shape index (κ1) is 12.1. The van der Waals surface area contributed by atoms with E-state index in [9.17, 15) is 24.4 Å². The molecule has 86 valence electrons. The number of aliphatic hydroxyl groups is 1. The van der Waals surface area contributed by atoms with Gasteiger partial charge >= 0.3 is 11.7 Å². The molecule has 7 heteroatoms. The van der Waals surface area contributed by atoms with Gasteiger partial charge in [-0.25, -0.2) is 0 Å². The normalized spacial score (nSPS) is 12.1. The first-order valence-corrected chi connectivity index (χ1v) is 4.25. The lowest BCUT2D eigenvalue weighted by Crippen LogP contribution is -2.06. The van der Waals surface area contributed by atoms with Crippen LogP contribution in [0.25, 0.3) is 0 Å². The summed E-state index contributed by atoms with van der Waals surface area (Å²) in [6, 6.07) is 2.76. The van der Waals surface area contributed by atoms with Crippen LogP contribution in [0.1, 0.15) is 18.1 Å². The van der Waals surface area contributed by atoms with Gasteiger partial charge in [0.15, 0.2) is 0 Å². The number of hydrogen-bond donors (Lipinski definition) is 2. The molecule has 6 nitrogen and oxygen atoms in total. The summed E-state index contributed by atoms with van der Waals surface area (Å²) in [6.07, 6.45) is -1.97. The Balaban J connectivity index is 2.96. The number of aliphatic hydroxyl groups excluding tert-OH is 1. The van der Waals surface area contributed by atoms with Gasteiger partial charge in [-0.1, -0.05) is 0 Å². The molecule has 0 radical (unpaired) electrons. The van der Waals surface area contributed by atoms with Gasteiger partial charge in [-0.15, -0.1) is 0 Å². The highest BCUT2D eigenvalue weighted by molar-refractivity contribution is 5.67. The Morgan fingerprint density at radius 1 is 1.56 bits per heavy atom. The lowest BCUT2D eigenvalue weighted by Gasteiger charge is -2.07. The van der Waals surface area contributed by atoms with Crippen LogP contribution in [0.2, 0.25) is 0 Å². The van der Waals surface area contributed by atoms with Crippen molar-refractivity contribution in [1.82, 2.24) is 0 Å². The van der Waals surface area contributed by atoms with Gasteiger partial charge in [0.2, 0.25) is 5.82 Å². The molecule has 0 saturated heterocycles. The summed E-state index contributed by atoms with van der Waals surface area (Å²) in [6.45, 7) is 0. The minimum Gasteiger partial charge on any atom is -0.481 e. The minimum absolute atomic E-state index is 0.00880. The van der Waals surface area contributed by atoms with E-state index >= 15 is 0 Å². The third-order valence-electron chi connectivity index (χ3n) is 1.92. The van der Waals surface area contributed by atoms with E-state index in [2.05, 4.69) is 0 Å². The van der Waals surface area contributed by atoms with Crippen LogP contribution in [-0.2, 0) is 4.79 Å². The van der Waals surface area contributed by atoms with Crippen molar-refractivity contribution in [3.63, 3.8) is 0 Å². The van der Waals surface area contributed by atoms with Crippen LogP contribution in [0.4, 0.5) is 10.1 Å². The molecule has 1 aromatic rings. The van der Waals surface area contributed by atoms with Crippen LogP contribution in [0.5, 0.6) is 0 Å². The van der Waals surface area contributed by atoms with Gasteiger partial charge in [0, 0.05) is 6.07 Å². The molecular weight excluding hydrogens is 221 g/mol. The average Bonchev–Trinajstić information content (AvgIpc) is 2.15. The Bertz CT molecular complexity index is 434. The standard InChI is InChI=1S/C9H8FNO5/c10-6-3-5(8(12)4-9(13)14)1-2-7(6)11(15)16/h1-3,8,12H,4H2,(H,13,14)/t8-/m0/s1. The zero-order chi connectivity index (χ0) is 12.3. The van der Waals surface area contributed by atoms with Gasteiger partial charge in [-0.2, -0.15) is 4.39 Å². The van der Waals surface area contributed by atoms with Crippen molar-refractivity contribution >= 4 is 11.7 Å². The topological polar surface area (TPSA) is 101 Å². The second kappa shape index (κ2) is 4.67. The maximum atomic E-state index is 13.1. The Kier molecular flexibility index (Phi) is 3.51. The fourth-order valence-corrected chi connectivity index (χ4v) is 1.16. The van der Waals surface area contributed by atoms with Crippen molar-refractivity contribution in [1.29, 1.82) is 0 Å². The predicted molar refractivity (Wildman–Crippen MR) is 50.3 cm³/mol. The fraction of sp³-hybridized carbons (Fsp3) is 0.222. The molecule has 16 heavy (non-hydrogen) atoms. The summed E-state index contributed by atoms with van der Waals surface area (Å²) in [5.41, 5.74) is -0.725. The molecule has 0 saturated carbocycles. The van der Waals surface area contributed by atoms with E-state index in [4.69, 9.17) is 5.11 Å². The lowest BCUT2D eigenvalue weighted by molar-refractivity contribution is -0.387. The Hall–Kier alpha value is -2.02. The summed E-state index contributed by atoms with van der Waals surface area (Å²) in [7, 11) is 0. The van der Waals surface area contributed by atoms with Crippen molar-refractivity contribution in [2.24, 2.45) is 0 Å². The van der Waals surface area contributed by atoms with E-state index in [-0.39, 0.29) is 5.56 Å². The van der Waals surface area contributed by atoms with Crippen molar-refractivity contribution in [3.05, 3.63) is 39.7 Å². The fourth-order valence-electron chi connectivity index (χ4n) is 1.16. The molecule has 0 spiro atoms. The van der Waals surface area contributed by atoms with Crippen LogP contribution in [-0.4, -0.2) is 21.1 Å². The van der Waals surface area contributed by atoms with Gasteiger partial charge in [0.05, 0.1) is 17.4 Å². The zero-order valence-electron chi connectivity index (χ0n) is 7.96. The number of rotatable bonds is 4. The summed E-state index contributed by atoms with van der Waals surface area (Å²) < 4.78 is 13.1. The van der Waals surface area contributed by atoms with Crippen molar-refractivity contribution in [2.45, 2.75) is 12.5 Å². The van der Waals surface area contributed by atoms with Crippen LogP contribution < -0.4 is 0 Å². The summed E-state index contributed by atoms with van der Waals surface area (Å²) in [5, 5.41) is 28.0. The Morgan fingerprint density at radius 3 is 2.62 bits per heavy atom. The van der Waals surface area contributed by atoms with Gasteiger partial charge < -0.3 is 10.2 Å². The number of hydrogen-bond acceptors (Lipinski definition) is 4. The van der Waals surface area contributed by atoms with E-state index in [1.165, 1.54) is 0 Å². The molecule has 0 unspecified atom stereocenters. The zero-order valence-corrected chi connectivity index (χ0v) is 7.96. The molecule has 2 N–H and O–H groups in total. The number of nitro groups is 1. The quantitative estimate of drug-likeness (QED) is 0.597. The maximum absolute atomic E-state index is 13.1. The molecule has 0 bridgehead atoms. The summed E-state index contributed by atoms with van der Waals surface area (Å²) >= 11 is 0. The van der Waals surface area contributed by atoms with Crippen LogP contribution in [0.15, 0.2) is 18.2 Å². The van der Waals surface area contributed by atoms with Gasteiger partial charge in [-0.05, 0) is 17.7 Å². The number of nitro benzene ring substituents is 1. The predicted octanol–water partition coefficient (Wildman–Crippen LogP) is 1.24. The highest BCUT2D eigenvalue weighted by Crippen LogP contribution is 2.23. The highest BCUT2D eigenvalue weighted by Gasteiger charge is 2.18. The third kappa shape index (κ3) is 2.74. The van der Waals surface area contributed by atoms with Crippen molar-refractivity contribution in [2.75, 3.05) is 0 Å². The smallest absolute Gasteiger partial charge is 0.306 e. The van der Waals surface area contributed by atoms with Crippen LogP contribution in [0, 0.1) is 15.9 Å². The molecule has 0 aromatic heterocycles. The average molecular weight is 229 g/mol. The minimum atomic E-state index is -1.38. The van der Waals surface area contributed by atoms with E-state index in [0.717, 1.165) is 18.2 Å². The van der Waals surface area contributed by atoms with E-state index in [1.807, 2.05) is 0 Å². The molecule has 1 atom stereocenters. The van der Waals surface area contributed by atoms with Gasteiger partial charge in [0.1, 0.15) is 0 Å². The Morgan fingerprint density at radius 2 is 2.19 bits per heavy atom. The highest BCUT2D eigenvalue weighted by atomic mass is 19.1. The number of benzene rings is 1. The maximum Gasteiger partial charge on any atom is 0.306 e. The van der Waals surface area contributed by atoms with E-state index in [0.29, 0.717) is 0 Å². The Labute approximate surface area is 89.1 Å². The van der Waals surface area contributed by atoms with Crippen LogP contribution in [0.3, 0.4) is 0 Å². The van der Waals surface area contributed by atoms with Gasteiger partial charge in [0.25, 0.3) is 0 Å². The lowest BCUT2D eigenvalue weighted by atomic mass is 10.1. The number of halogens is 1. The first-order chi connectivity index (χ1) is 7.41. The van der Waals surface area contributed by atoms with E-state index in [1.54, 1.807) is 0 Å². The molecule has 0 aliphatic rings.